The second-order valence-electron chi connectivity index (χ2n) is 4.94. The summed E-state index contributed by atoms with van der Waals surface area (Å²) in [5.74, 6) is 6.71. The van der Waals surface area contributed by atoms with Gasteiger partial charge in [-0.3, -0.25) is 0 Å². The molecule has 16 heavy (non-hydrogen) atoms. The Balaban J connectivity index is 2.09. The molecule has 1 saturated heterocycles. The number of piperidine rings is 1. The van der Waals surface area contributed by atoms with Gasteiger partial charge in [0.25, 0.3) is 0 Å². The van der Waals surface area contributed by atoms with Crippen LogP contribution >= 0.6 is 0 Å². The van der Waals surface area contributed by atoms with Crippen molar-refractivity contribution in [2.45, 2.75) is 46.1 Å². The second kappa shape index (κ2) is 7.70. The van der Waals surface area contributed by atoms with Crippen LogP contribution in [-0.2, 0) is 4.74 Å². The third kappa shape index (κ3) is 5.53. The Labute approximate surface area is 100 Å². The monoisotopic (exact) mass is 223 g/mol. The molecule has 1 rings (SSSR count). The van der Waals surface area contributed by atoms with Gasteiger partial charge in [-0.15, -0.1) is 11.8 Å². The highest BCUT2D eigenvalue weighted by Crippen LogP contribution is 2.14. The maximum atomic E-state index is 5.81. The summed E-state index contributed by atoms with van der Waals surface area (Å²) >= 11 is 0. The molecule has 0 aromatic rings. The third-order valence-corrected chi connectivity index (χ3v) is 2.92. The van der Waals surface area contributed by atoms with E-state index >= 15 is 0 Å². The Morgan fingerprint density at radius 2 is 2.00 bits per heavy atom. The predicted molar refractivity (Wildman–Crippen MR) is 68.3 cm³/mol. The number of rotatable bonds is 5. The third-order valence-electron chi connectivity index (χ3n) is 2.92. The van der Waals surface area contributed by atoms with Gasteiger partial charge in [-0.1, -0.05) is 13.8 Å². The smallest absolute Gasteiger partial charge is 0.0600 e. The van der Waals surface area contributed by atoms with E-state index in [1.54, 1.807) is 0 Å². The minimum atomic E-state index is 0.474. The Hall–Kier alpha value is -0.520. The topological polar surface area (TPSA) is 12.5 Å². The van der Waals surface area contributed by atoms with E-state index < -0.39 is 0 Å². The van der Waals surface area contributed by atoms with Crippen LogP contribution in [0.4, 0.5) is 0 Å². The van der Waals surface area contributed by atoms with Crippen LogP contribution in [-0.4, -0.2) is 37.2 Å². The molecule has 2 heteroatoms. The average molecular weight is 223 g/mol. The van der Waals surface area contributed by atoms with E-state index in [4.69, 9.17) is 4.74 Å². The van der Waals surface area contributed by atoms with E-state index in [1.165, 1.54) is 32.5 Å². The predicted octanol–water partition coefficient (Wildman–Crippen LogP) is 2.54. The molecule has 0 unspecified atom stereocenters. The zero-order valence-corrected chi connectivity index (χ0v) is 11.0. The summed E-state index contributed by atoms with van der Waals surface area (Å²) in [6, 6.07) is 0. The van der Waals surface area contributed by atoms with Crippen LogP contribution in [0.25, 0.3) is 0 Å². The van der Waals surface area contributed by atoms with Crippen molar-refractivity contribution in [2.24, 2.45) is 5.92 Å². The average Bonchev–Trinajstić information content (AvgIpc) is 2.26. The van der Waals surface area contributed by atoms with Gasteiger partial charge in [-0.2, -0.15) is 0 Å². The molecule has 1 heterocycles. The molecule has 0 aromatic carbocycles. The molecule has 0 saturated carbocycles. The number of ether oxygens (including phenoxy) is 1. The zero-order valence-electron chi connectivity index (χ0n) is 11.0. The number of nitrogens with zero attached hydrogens (tertiary/aromatic N) is 1. The van der Waals surface area contributed by atoms with Gasteiger partial charge in [0.15, 0.2) is 0 Å². The first-order chi connectivity index (χ1) is 7.72. The van der Waals surface area contributed by atoms with Crippen LogP contribution < -0.4 is 0 Å². The van der Waals surface area contributed by atoms with Crippen molar-refractivity contribution in [3.05, 3.63) is 0 Å². The van der Waals surface area contributed by atoms with Crippen LogP contribution in [0.15, 0.2) is 0 Å². The highest BCUT2D eigenvalue weighted by Gasteiger charge is 2.19. The van der Waals surface area contributed by atoms with E-state index in [-0.39, 0.29) is 0 Å². The lowest BCUT2D eigenvalue weighted by Crippen LogP contribution is -2.39. The summed E-state index contributed by atoms with van der Waals surface area (Å²) < 4.78 is 5.81. The molecule has 0 N–H and O–H groups in total. The van der Waals surface area contributed by atoms with Crippen molar-refractivity contribution < 1.29 is 4.74 Å². The van der Waals surface area contributed by atoms with Crippen molar-refractivity contribution >= 4 is 0 Å². The highest BCUT2D eigenvalue weighted by atomic mass is 16.5. The van der Waals surface area contributed by atoms with Gasteiger partial charge in [0.1, 0.15) is 0 Å². The first kappa shape index (κ1) is 13.5. The van der Waals surface area contributed by atoms with Gasteiger partial charge in [0, 0.05) is 26.1 Å². The normalized spacial score (nSPS) is 18.5. The molecular formula is C14H25NO. The minimum absolute atomic E-state index is 0.474. The van der Waals surface area contributed by atoms with Crippen LogP contribution in [0.3, 0.4) is 0 Å². The Morgan fingerprint density at radius 3 is 2.56 bits per heavy atom. The van der Waals surface area contributed by atoms with E-state index in [9.17, 15) is 0 Å². The molecule has 1 aliphatic rings. The van der Waals surface area contributed by atoms with E-state index in [1.807, 2.05) is 6.92 Å². The van der Waals surface area contributed by atoms with E-state index in [0.29, 0.717) is 6.10 Å². The molecule has 1 aliphatic heterocycles. The van der Waals surface area contributed by atoms with Crippen molar-refractivity contribution in [1.82, 2.24) is 4.90 Å². The molecule has 2 nitrogen and oxygen atoms in total. The van der Waals surface area contributed by atoms with Gasteiger partial charge in [-0.05, 0) is 25.7 Å². The van der Waals surface area contributed by atoms with Gasteiger partial charge in [0.2, 0.25) is 0 Å². The quantitative estimate of drug-likeness (QED) is 0.524. The van der Waals surface area contributed by atoms with Crippen LogP contribution in [0.5, 0.6) is 0 Å². The summed E-state index contributed by atoms with van der Waals surface area (Å²) in [5, 5.41) is 0. The summed E-state index contributed by atoms with van der Waals surface area (Å²) in [6.45, 7) is 10.9. The van der Waals surface area contributed by atoms with Gasteiger partial charge in [0.05, 0.1) is 12.7 Å². The molecule has 1 fully saturated rings. The Kier molecular flexibility index (Phi) is 6.52. The standard InChI is InChI=1S/C14H25NO/c1-4-5-6-11-16-14-7-9-15(10-8-14)12-13(2)3/h13-14H,6-12H2,1-3H3. The number of hydrogen-bond acceptors (Lipinski definition) is 2. The lowest BCUT2D eigenvalue weighted by atomic mass is 10.1. The largest absolute Gasteiger partial charge is 0.377 e. The summed E-state index contributed by atoms with van der Waals surface area (Å²) in [7, 11) is 0. The fraction of sp³-hybridized carbons (Fsp3) is 0.857. The molecule has 0 spiro atoms. The van der Waals surface area contributed by atoms with Crippen molar-refractivity contribution in [3.8, 4) is 11.8 Å². The molecule has 0 bridgehead atoms. The van der Waals surface area contributed by atoms with Crippen molar-refractivity contribution in [3.63, 3.8) is 0 Å². The summed E-state index contributed by atoms with van der Waals surface area (Å²) in [4.78, 5) is 2.55. The van der Waals surface area contributed by atoms with Gasteiger partial charge < -0.3 is 9.64 Å². The maximum Gasteiger partial charge on any atom is 0.0600 e. The fourth-order valence-electron chi connectivity index (χ4n) is 2.18. The highest BCUT2D eigenvalue weighted by molar-refractivity contribution is 4.94. The van der Waals surface area contributed by atoms with Crippen molar-refractivity contribution in [2.75, 3.05) is 26.2 Å². The van der Waals surface area contributed by atoms with E-state index in [2.05, 4.69) is 30.6 Å². The molecule has 0 aromatic heterocycles. The molecule has 0 amide bonds. The number of hydrogen-bond donors (Lipinski definition) is 0. The summed E-state index contributed by atoms with van der Waals surface area (Å²) in [5.41, 5.74) is 0. The minimum Gasteiger partial charge on any atom is -0.377 e. The molecule has 0 atom stereocenters. The molecule has 0 radical (unpaired) electrons. The van der Waals surface area contributed by atoms with E-state index in [0.717, 1.165) is 18.9 Å². The first-order valence-corrected chi connectivity index (χ1v) is 6.46. The van der Waals surface area contributed by atoms with Gasteiger partial charge in [-0.25, -0.2) is 0 Å². The van der Waals surface area contributed by atoms with Crippen LogP contribution in [0.1, 0.15) is 40.0 Å². The van der Waals surface area contributed by atoms with Crippen molar-refractivity contribution in [1.29, 1.82) is 0 Å². The second-order valence-corrected chi connectivity index (χ2v) is 4.94. The summed E-state index contributed by atoms with van der Waals surface area (Å²) in [6.07, 6.45) is 3.73. The fourth-order valence-corrected chi connectivity index (χ4v) is 2.18. The SMILES string of the molecule is CC#CCCOC1CCN(CC(C)C)CC1. The van der Waals surface area contributed by atoms with Crippen LogP contribution in [0.2, 0.25) is 0 Å². The van der Waals surface area contributed by atoms with Gasteiger partial charge >= 0.3 is 0 Å². The Morgan fingerprint density at radius 1 is 1.31 bits per heavy atom. The van der Waals surface area contributed by atoms with Crippen LogP contribution in [0, 0.1) is 17.8 Å². The lowest BCUT2D eigenvalue weighted by molar-refractivity contribution is 0.00825. The first-order valence-electron chi connectivity index (χ1n) is 6.46. The lowest BCUT2D eigenvalue weighted by Gasteiger charge is -2.32. The maximum absolute atomic E-state index is 5.81. The Bertz CT molecular complexity index is 231. The molecule has 92 valence electrons. The molecular weight excluding hydrogens is 198 g/mol. The number of likely N-dealkylation sites (tertiary alicyclic amines) is 1. The zero-order chi connectivity index (χ0) is 11.8. The molecule has 0 aliphatic carbocycles.